The van der Waals surface area contributed by atoms with Crippen molar-refractivity contribution in [2.45, 2.75) is 6.92 Å². The molecule has 0 saturated carbocycles. The third-order valence-electron chi connectivity index (χ3n) is 2.30. The van der Waals surface area contributed by atoms with Gasteiger partial charge in [-0.2, -0.15) is 0 Å². The Hall–Kier alpha value is -1.07. The second kappa shape index (κ2) is 4.43. The fraction of sp³-hybridized carbons (Fsp3) is 0.273. The molecule has 5 heteroatoms. The van der Waals surface area contributed by atoms with Crippen LogP contribution in [-0.2, 0) is 9.59 Å². The van der Waals surface area contributed by atoms with Gasteiger partial charge >= 0.3 is 0 Å². The summed E-state index contributed by atoms with van der Waals surface area (Å²) < 4.78 is 0. The molecular formula is C11H11NO2S2. The van der Waals surface area contributed by atoms with E-state index in [-0.39, 0.29) is 11.8 Å². The van der Waals surface area contributed by atoms with E-state index in [0.717, 1.165) is 10.6 Å². The molecule has 0 atom stereocenters. The number of hydrogen-bond acceptors (Lipinski definition) is 4. The van der Waals surface area contributed by atoms with E-state index in [1.54, 1.807) is 0 Å². The van der Waals surface area contributed by atoms with Crippen molar-refractivity contribution in [2.24, 2.45) is 0 Å². The molecule has 0 radical (unpaired) electrons. The topological polar surface area (TPSA) is 37.4 Å². The van der Waals surface area contributed by atoms with Gasteiger partial charge in [-0.1, -0.05) is 13.0 Å². The molecule has 0 aromatic carbocycles. The zero-order chi connectivity index (χ0) is 11.7. The number of rotatable bonds is 3. The number of carbonyl (C=O) groups is 2. The van der Waals surface area contributed by atoms with Crippen molar-refractivity contribution in [3.8, 4) is 0 Å². The van der Waals surface area contributed by atoms with Crippen LogP contribution in [0.25, 0.3) is 5.57 Å². The largest absolute Gasteiger partial charge is 0.277 e. The predicted molar refractivity (Wildman–Crippen MR) is 67.1 cm³/mol. The molecule has 0 saturated heterocycles. The molecule has 0 N–H and O–H groups in total. The smallest absolute Gasteiger partial charge is 0.267 e. The molecule has 16 heavy (non-hydrogen) atoms. The Morgan fingerprint density at radius 2 is 2.12 bits per heavy atom. The summed E-state index contributed by atoms with van der Waals surface area (Å²) in [7, 11) is 1.53. The van der Waals surface area contributed by atoms with Gasteiger partial charge in [-0.05, 0) is 17.2 Å². The third-order valence-corrected chi connectivity index (χ3v) is 4.14. The number of amides is 2. The maximum absolute atomic E-state index is 11.9. The molecule has 1 aliphatic heterocycles. The minimum Gasteiger partial charge on any atom is -0.277 e. The van der Waals surface area contributed by atoms with Gasteiger partial charge in [0, 0.05) is 11.9 Å². The van der Waals surface area contributed by atoms with E-state index in [0.29, 0.717) is 10.5 Å². The van der Waals surface area contributed by atoms with Gasteiger partial charge < -0.3 is 0 Å². The van der Waals surface area contributed by atoms with Gasteiger partial charge in [-0.15, -0.1) is 23.1 Å². The summed E-state index contributed by atoms with van der Waals surface area (Å²) in [4.78, 5) is 26.4. The van der Waals surface area contributed by atoms with Crippen molar-refractivity contribution in [3.63, 3.8) is 0 Å². The quantitative estimate of drug-likeness (QED) is 0.775. The van der Waals surface area contributed by atoms with E-state index in [1.165, 1.54) is 35.0 Å². The SMILES string of the molecule is CCSC1=C(c2cccs2)C(=O)N(C)C1=O. The number of carbonyl (C=O) groups excluding carboxylic acids is 2. The summed E-state index contributed by atoms with van der Waals surface area (Å²) in [6.07, 6.45) is 0. The average Bonchev–Trinajstić information content (AvgIpc) is 2.85. The van der Waals surface area contributed by atoms with E-state index in [1.807, 2.05) is 24.4 Å². The highest BCUT2D eigenvalue weighted by molar-refractivity contribution is 8.04. The normalized spacial score (nSPS) is 16.5. The standard InChI is InChI=1S/C11H11NO2S2/c1-3-15-9-8(7-5-4-6-16-7)10(13)12(2)11(9)14/h4-6H,3H2,1-2H3. The summed E-state index contributed by atoms with van der Waals surface area (Å²) in [5.74, 6) is 0.417. The average molecular weight is 253 g/mol. The first-order chi connectivity index (χ1) is 7.66. The molecule has 0 bridgehead atoms. The van der Waals surface area contributed by atoms with Gasteiger partial charge in [0.2, 0.25) is 0 Å². The molecule has 1 aromatic rings. The van der Waals surface area contributed by atoms with Crippen LogP contribution in [0.3, 0.4) is 0 Å². The highest BCUT2D eigenvalue weighted by Crippen LogP contribution is 2.36. The molecule has 0 aliphatic carbocycles. The Kier molecular flexibility index (Phi) is 3.16. The van der Waals surface area contributed by atoms with Gasteiger partial charge in [-0.3, -0.25) is 14.5 Å². The predicted octanol–water partition coefficient (Wildman–Crippen LogP) is 2.21. The fourth-order valence-electron chi connectivity index (χ4n) is 1.53. The summed E-state index contributed by atoms with van der Waals surface area (Å²) in [6, 6.07) is 3.76. The van der Waals surface area contributed by atoms with E-state index in [4.69, 9.17) is 0 Å². The first-order valence-electron chi connectivity index (χ1n) is 4.90. The lowest BCUT2D eigenvalue weighted by Gasteiger charge is -2.05. The number of hydrogen-bond donors (Lipinski definition) is 0. The molecule has 2 amide bonds. The van der Waals surface area contributed by atoms with Crippen molar-refractivity contribution in [1.29, 1.82) is 0 Å². The Labute approximate surface area is 102 Å². The van der Waals surface area contributed by atoms with E-state index in [2.05, 4.69) is 0 Å². The van der Waals surface area contributed by atoms with Crippen LogP contribution in [0.5, 0.6) is 0 Å². The third kappa shape index (κ3) is 1.70. The molecule has 2 heterocycles. The summed E-state index contributed by atoms with van der Waals surface area (Å²) >= 11 is 2.92. The Balaban J connectivity index is 2.51. The van der Waals surface area contributed by atoms with Crippen LogP contribution in [0, 0.1) is 0 Å². The molecular weight excluding hydrogens is 242 g/mol. The fourth-order valence-corrected chi connectivity index (χ4v) is 3.26. The lowest BCUT2D eigenvalue weighted by Crippen LogP contribution is -2.26. The monoisotopic (exact) mass is 253 g/mol. The van der Waals surface area contributed by atoms with Crippen LogP contribution in [0.15, 0.2) is 22.4 Å². The molecule has 2 rings (SSSR count). The lowest BCUT2D eigenvalue weighted by molar-refractivity contribution is -0.134. The van der Waals surface area contributed by atoms with Crippen LogP contribution in [0.4, 0.5) is 0 Å². The van der Waals surface area contributed by atoms with Gasteiger partial charge in [0.15, 0.2) is 0 Å². The number of imide groups is 1. The van der Waals surface area contributed by atoms with Crippen LogP contribution in [0.2, 0.25) is 0 Å². The summed E-state index contributed by atoms with van der Waals surface area (Å²) in [5, 5.41) is 1.91. The zero-order valence-electron chi connectivity index (χ0n) is 9.02. The molecule has 1 aromatic heterocycles. The van der Waals surface area contributed by atoms with Gasteiger partial charge in [0.05, 0.1) is 10.5 Å². The molecule has 1 aliphatic rings. The Morgan fingerprint density at radius 3 is 2.69 bits per heavy atom. The van der Waals surface area contributed by atoms with E-state index in [9.17, 15) is 9.59 Å². The first-order valence-corrected chi connectivity index (χ1v) is 6.76. The summed E-state index contributed by atoms with van der Waals surface area (Å²) in [5.41, 5.74) is 0.564. The molecule has 0 spiro atoms. The van der Waals surface area contributed by atoms with E-state index >= 15 is 0 Å². The number of thiophene rings is 1. The van der Waals surface area contributed by atoms with Crippen molar-refractivity contribution in [1.82, 2.24) is 4.90 Å². The number of likely N-dealkylation sites (N-methyl/N-ethyl adjacent to an activating group) is 1. The van der Waals surface area contributed by atoms with E-state index < -0.39 is 0 Å². The van der Waals surface area contributed by atoms with Gasteiger partial charge in [0.1, 0.15) is 0 Å². The van der Waals surface area contributed by atoms with Crippen molar-refractivity contribution in [3.05, 3.63) is 27.3 Å². The molecule has 0 fully saturated rings. The first kappa shape index (κ1) is 11.4. The van der Waals surface area contributed by atoms with Crippen LogP contribution >= 0.6 is 23.1 Å². The van der Waals surface area contributed by atoms with Crippen molar-refractivity contribution >= 4 is 40.5 Å². The highest BCUT2D eigenvalue weighted by Gasteiger charge is 2.36. The van der Waals surface area contributed by atoms with Gasteiger partial charge in [0.25, 0.3) is 11.8 Å². The van der Waals surface area contributed by atoms with Crippen LogP contribution in [-0.4, -0.2) is 29.5 Å². The molecule has 3 nitrogen and oxygen atoms in total. The van der Waals surface area contributed by atoms with Crippen molar-refractivity contribution < 1.29 is 9.59 Å². The Morgan fingerprint density at radius 1 is 1.38 bits per heavy atom. The lowest BCUT2D eigenvalue weighted by atomic mass is 10.2. The van der Waals surface area contributed by atoms with Crippen molar-refractivity contribution in [2.75, 3.05) is 12.8 Å². The van der Waals surface area contributed by atoms with Crippen LogP contribution < -0.4 is 0 Å². The van der Waals surface area contributed by atoms with Crippen LogP contribution in [0.1, 0.15) is 11.8 Å². The Bertz CT molecular complexity index is 462. The summed E-state index contributed by atoms with van der Waals surface area (Å²) in [6.45, 7) is 1.97. The van der Waals surface area contributed by atoms with Gasteiger partial charge in [-0.25, -0.2) is 0 Å². The molecule has 0 unspecified atom stereocenters. The second-order valence-electron chi connectivity index (χ2n) is 3.28. The number of nitrogens with zero attached hydrogens (tertiary/aromatic N) is 1. The minimum absolute atomic E-state index is 0.180. The molecule has 84 valence electrons. The highest BCUT2D eigenvalue weighted by atomic mass is 32.2. The number of thioether (sulfide) groups is 1. The zero-order valence-corrected chi connectivity index (χ0v) is 10.7. The maximum atomic E-state index is 11.9. The minimum atomic E-state index is -0.191. The maximum Gasteiger partial charge on any atom is 0.267 e. The second-order valence-corrected chi connectivity index (χ2v) is 5.51.